The van der Waals surface area contributed by atoms with E-state index < -0.39 is 11.7 Å². The molecule has 0 unspecified atom stereocenters. The molecule has 23 heavy (non-hydrogen) atoms. The Balaban J connectivity index is 1.95. The second kappa shape index (κ2) is 6.44. The number of aliphatic imine (C=N–C) groups is 1. The molecule has 0 saturated carbocycles. The lowest BCUT2D eigenvalue weighted by molar-refractivity contribution is -0.137. The molecule has 0 aromatic heterocycles. The second-order valence-corrected chi connectivity index (χ2v) is 5.52. The van der Waals surface area contributed by atoms with E-state index in [9.17, 15) is 13.2 Å². The average molecular weight is 318 g/mol. The summed E-state index contributed by atoms with van der Waals surface area (Å²) < 4.78 is 39.0. The normalized spacial score (nSPS) is 14.7. The van der Waals surface area contributed by atoms with Crippen molar-refractivity contribution >= 4 is 11.5 Å². The predicted molar refractivity (Wildman–Crippen MR) is 85.6 cm³/mol. The summed E-state index contributed by atoms with van der Waals surface area (Å²) in [6.45, 7) is 1.25. The Morgan fingerprint density at radius 2 is 1.78 bits per heavy atom. The number of anilines is 1. The molecule has 0 atom stereocenters. The van der Waals surface area contributed by atoms with Crippen LogP contribution in [0.2, 0.25) is 0 Å². The van der Waals surface area contributed by atoms with Gasteiger partial charge in [0.25, 0.3) is 0 Å². The smallest absolute Gasteiger partial charge is 0.326 e. The Morgan fingerprint density at radius 3 is 2.43 bits per heavy atom. The topological polar surface area (TPSA) is 15.6 Å². The molecule has 0 saturated heterocycles. The van der Waals surface area contributed by atoms with Crippen molar-refractivity contribution in [2.24, 2.45) is 4.99 Å². The second-order valence-electron chi connectivity index (χ2n) is 5.52. The largest absolute Gasteiger partial charge is 0.416 e. The highest BCUT2D eigenvalue weighted by Gasteiger charge is 2.31. The van der Waals surface area contributed by atoms with Gasteiger partial charge < -0.3 is 4.90 Å². The fourth-order valence-corrected chi connectivity index (χ4v) is 2.69. The maximum absolute atomic E-state index is 13.0. The molecule has 0 radical (unpaired) electrons. The minimum absolute atomic E-state index is 0.515. The van der Waals surface area contributed by atoms with Crippen molar-refractivity contribution in [1.29, 1.82) is 0 Å². The molecule has 1 aliphatic heterocycles. The van der Waals surface area contributed by atoms with Gasteiger partial charge in [-0.05, 0) is 30.2 Å². The van der Waals surface area contributed by atoms with E-state index in [1.807, 2.05) is 35.2 Å². The summed E-state index contributed by atoms with van der Waals surface area (Å²) in [5.41, 5.74) is 0.940. The first-order chi connectivity index (χ1) is 11.0. The zero-order valence-corrected chi connectivity index (χ0v) is 12.6. The highest BCUT2D eigenvalue weighted by atomic mass is 19.4. The quantitative estimate of drug-likeness (QED) is 0.785. The van der Waals surface area contributed by atoms with E-state index in [1.54, 1.807) is 6.07 Å². The lowest BCUT2D eigenvalue weighted by Crippen LogP contribution is -2.29. The minimum atomic E-state index is -4.34. The third-order valence-corrected chi connectivity index (χ3v) is 3.83. The van der Waals surface area contributed by atoms with Gasteiger partial charge in [-0.25, -0.2) is 0 Å². The van der Waals surface area contributed by atoms with Gasteiger partial charge in [0.2, 0.25) is 0 Å². The van der Waals surface area contributed by atoms with Crippen LogP contribution in [-0.4, -0.2) is 12.4 Å². The van der Waals surface area contributed by atoms with Gasteiger partial charge in [-0.3, -0.25) is 4.99 Å². The predicted octanol–water partition coefficient (Wildman–Crippen LogP) is 4.90. The first-order valence-electron chi connectivity index (χ1n) is 7.56. The van der Waals surface area contributed by atoms with E-state index in [1.165, 1.54) is 12.1 Å². The number of nitrogens with zero attached hydrogens (tertiary/aromatic N) is 2. The van der Waals surface area contributed by atoms with Crippen LogP contribution >= 0.6 is 0 Å². The van der Waals surface area contributed by atoms with Crippen LogP contribution in [0, 0.1) is 0 Å². The molecule has 0 N–H and O–H groups in total. The molecule has 2 aromatic rings. The molecule has 0 aliphatic carbocycles. The van der Waals surface area contributed by atoms with Gasteiger partial charge in [-0.15, -0.1) is 0 Å². The summed E-state index contributed by atoms with van der Waals surface area (Å²) in [6.07, 6.45) is -2.60. The number of hydrogen-bond acceptors (Lipinski definition) is 2. The molecule has 0 bridgehead atoms. The van der Waals surface area contributed by atoms with Gasteiger partial charge in [0.05, 0.1) is 5.56 Å². The summed E-state index contributed by atoms with van der Waals surface area (Å²) in [4.78, 5) is 6.35. The highest BCUT2D eigenvalue weighted by Crippen LogP contribution is 2.32. The Labute approximate surface area is 133 Å². The van der Waals surface area contributed by atoms with Gasteiger partial charge in [0.15, 0.2) is 0 Å². The molecule has 3 rings (SSSR count). The summed E-state index contributed by atoms with van der Waals surface area (Å²) in [7, 11) is 0. The molecule has 0 spiro atoms. The van der Waals surface area contributed by atoms with Crippen molar-refractivity contribution in [2.45, 2.75) is 25.6 Å². The Bertz CT molecular complexity index is 693. The van der Waals surface area contributed by atoms with Crippen LogP contribution in [-0.2, 0) is 12.7 Å². The van der Waals surface area contributed by atoms with Crippen molar-refractivity contribution in [1.82, 2.24) is 0 Å². The van der Waals surface area contributed by atoms with Crippen LogP contribution in [0.3, 0.4) is 0 Å². The van der Waals surface area contributed by atoms with E-state index in [-0.39, 0.29) is 0 Å². The number of alkyl halides is 3. The third-order valence-electron chi connectivity index (χ3n) is 3.83. The lowest BCUT2D eigenvalue weighted by atomic mass is 10.1. The van der Waals surface area contributed by atoms with Crippen molar-refractivity contribution in [2.75, 3.05) is 11.4 Å². The van der Waals surface area contributed by atoms with Gasteiger partial charge in [-0.2, -0.15) is 13.2 Å². The minimum Gasteiger partial charge on any atom is -0.326 e. The number of hydrogen-bond donors (Lipinski definition) is 0. The van der Waals surface area contributed by atoms with Crippen LogP contribution in [0.5, 0.6) is 0 Å². The molecule has 1 heterocycles. The van der Waals surface area contributed by atoms with Crippen LogP contribution in [0.4, 0.5) is 18.9 Å². The van der Waals surface area contributed by atoms with Crippen LogP contribution in [0.15, 0.2) is 59.6 Å². The van der Waals surface area contributed by atoms with Crippen LogP contribution < -0.4 is 4.90 Å². The molecular weight excluding hydrogens is 301 g/mol. The highest BCUT2D eigenvalue weighted by molar-refractivity contribution is 5.98. The van der Waals surface area contributed by atoms with E-state index >= 15 is 0 Å². The van der Waals surface area contributed by atoms with Gasteiger partial charge in [0.1, 0.15) is 5.84 Å². The lowest BCUT2D eigenvalue weighted by Gasteiger charge is -2.25. The molecular formula is C18H17F3N2. The van der Waals surface area contributed by atoms with Gasteiger partial charge in [-0.1, -0.05) is 36.4 Å². The summed E-state index contributed by atoms with van der Waals surface area (Å²) in [5.74, 6) is 0.855. The Kier molecular flexibility index (Phi) is 4.37. The van der Waals surface area contributed by atoms with E-state index in [0.29, 0.717) is 12.2 Å². The van der Waals surface area contributed by atoms with E-state index in [4.69, 9.17) is 0 Å². The zero-order chi connectivity index (χ0) is 16.3. The SMILES string of the molecule is FC(F)(F)c1cccc(N(Cc2ccccc2)C2=NCCC2)c1. The van der Waals surface area contributed by atoms with Crippen molar-refractivity contribution in [3.63, 3.8) is 0 Å². The molecule has 0 amide bonds. The average Bonchev–Trinajstić information content (AvgIpc) is 3.07. The van der Waals surface area contributed by atoms with Crippen LogP contribution in [0.1, 0.15) is 24.0 Å². The fourth-order valence-electron chi connectivity index (χ4n) is 2.69. The molecule has 2 nitrogen and oxygen atoms in total. The number of amidine groups is 1. The fraction of sp³-hybridized carbons (Fsp3) is 0.278. The number of rotatable bonds is 3. The van der Waals surface area contributed by atoms with Crippen molar-refractivity contribution in [3.8, 4) is 0 Å². The number of halogens is 3. The van der Waals surface area contributed by atoms with Crippen molar-refractivity contribution < 1.29 is 13.2 Å². The third kappa shape index (κ3) is 3.73. The van der Waals surface area contributed by atoms with Crippen molar-refractivity contribution in [3.05, 3.63) is 65.7 Å². The maximum atomic E-state index is 13.0. The number of benzene rings is 2. The Hall–Kier alpha value is -2.30. The zero-order valence-electron chi connectivity index (χ0n) is 12.6. The van der Waals surface area contributed by atoms with Gasteiger partial charge in [0, 0.05) is 25.2 Å². The van der Waals surface area contributed by atoms with Crippen LogP contribution in [0.25, 0.3) is 0 Å². The maximum Gasteiger partial charge on any atom is 0.416 e. The first kappa shape index (κ1) is 15.6. The monoisotopic (exact) mass is 318 g/mol. The molecule has 2 aromatic carbocycles. The van der Waals surface area contributed by atoms with E-state index in [2.05, 4.69) is 4.99 Å². The first-order valence-corrected chi connectivity index (χ1v) is 7.56. The summed E-state index contributed by atoms with van der Waals surface area (Å²) in [6, 6.07) is 15.2. The summed E-state index contributed by atoms with van der Waals surface area (Å²) in [5, 5.41) is 0. The molecule has 0 fully saturated rings. The molecule has 5 heteroatoms. The van der Waals surface area contributed by atoms with Gasteiger partial charge >= 0.3 is 6.18 Å². The molecule has 120 valence electrons. The van der Waals surface area contributed by atoms with E-state index in [0.717, 1.165) is 36.9 Å². The molecule has 1 aliphatic rings. The Morgan fingerprint density at radius 1 is 1.00 bits per heavy atom. The standard InChI is InChI=1S/C18H17F3N2/c19-18(20,21)15-8-4-9-16(12-15)23(17-10-5-11-22-17)13-14-6-2-1-3-7-14/h1-4,6-9,12H,5,10-11,13H2. The summed E-state index contributed by atoms with van der Waals surface area (Å²) >= 11 is 0.